The third-order valence-electron chi connectivity index (χ3n) is 5.87. The summed E-state index contributed by atoms with van der Waals surface area (Å²) >= 11 is 0. The molecule has 1 atom stereocenters. The number of hydrogen-bond donors (Lipinski definition) is 2. The van der Waals surface area contributed by atoms with E-state index < -0.39 is 0 Å². The zero-order valence-electron chi connectivity index (χ0n) is 17.0. The van der Waals surface area contributed by atoms with Gasteiger partial charge in [-0.1, -0.05) is 66.7 Å². The van der Waals surface area contributed by atoms with Crippen LogP contribution >= 0.6 is 0 Å². The zero-order chi connectivity index (χ0) is 19.3. The molecule has 1 aromatic rings. The van der Waals surface area contributed by atoms with Gasteiger partial charge in [0.2, 0.25) is 0 Å². The second-order valence-corrected chi connectivity index (χ2v) is 9.71. The Labute approximate surface area is 157 Å². The van der Waals surface area contributed by atoms with E-state index in [1.807, 2.05) is 30.5 Å². The van der Waals surface area contributed by atoms with Crippen molar-refractivity contribution in [3.63, 3.8) is 0 Å². The first-order chi connectivity index (χ1) is 11.9. The number of aliphatic hydroxyl groups is 1. The molecule has 1 aromatic carbocycles. The van der Waals surface area contributed by atoms with E-state index in [1.165, 1.54) is 0 Å². The lowest BCUT2D eigenvalue weighted by atomic mass is 9.60. The van der Waals surface area contributed by atoms with Crippen LogP contribution < -0.4 is 5.43 Å². The first-order valence-corrected chi connectivity index (χ1v) is 9.28. The van der Waals surface area contributed by atoms with Crippen molar-refractivity contribution >= 4 is 11.9 Å². The summed E-state index contributed by atoms with van der Waals surface area (Å²) in [6, 6.07) is 8.03. The number of nitrogens with one attached hydrogen (secondary N) is 1. The van der Waals surface area contributed by atoms with Crippen LogP contribution in [0.3, 0.4) is 0 Å². The molecule has 0 aromatic heterocycles. The quantitative estimate of drug-likeness (QED) is 0.664. The van der Waals surface area contributed by atoms with Crippen molar-refractivity contribution in [2.75, 3.05) is 5.43 Å². The Bertz CT molecular complexity index is 805. The van der Waals surface area contributed by atoms with Crippen LogP contribution in [0.4, 0.5) is 5.69 Å². The second-order valence-electron chi connectivity index (χ2n) is 9.71. The lowest BCUT2D eigenvalue weighted by molar-refractivity contribution is 0.143. The van der Waals surface area contributed by atoms with E-state index in [1.54, 1.807) is 5.12 Å². The number of hydrazine groups is 1. The number of para-hydroxylation sites is 1. The molecule has 1 unspecified atom stereocenters. The van der Waals surface area contributed by atoms with Crippen molar-refractivity contribution in [2.24, 2.45) is 21.3 Å². The van der Waals surface area contributed by atoms with Gasteiger partial charge < -0.3 is 5.11 Å². The summed E-state index contributed by atoms with van der Waals surface area (Å²) in [4.78, 5) is 0. The van der Waals surface area contributed by atoms with Crippen molar-refractivity contribution in [1.82, 2.24) is 5.12 Å². The average Bonchev–Trinajstić information content (AvgIpc) is 2.54. The van der Waals surface area contributed by atoms with Gasteiger partial charge in [-0.25, -0.2) is 0 Å². The Balaban J connectivity index is 2.10. The maximum Gasteiger partial charge on any atom is 0.142 e. The second kappa shape index (κ2) is 5.90. The Morgan fingerprint density at radius 3 is 2.38 bits per heavy atom. The minimum absolute atomic E-state index is 0.0485. The van der Waals surface area contributed by atoms with Crippen molar-refractivity contribution in [1.29, 1.82) is 0 Å². The molecule has 1 aliphatic carbocycles. The summed E-state index contributed by atoms with van der Waals surface area (Å²) in [5.74, 6) is 0.336. The molecule has 0 spiro atoms. The van der Waals surface area contributed by atoms with E-state index in [-0.39, 0.29) is 16.2 Å². The molecule has 2 aliphatic rings. The van der Waals surface area contributed by atoms with Crippen molar-refractivity contribution < 1.29 is 5.11 Å². The molecule has 2 N–H and O–H groups in total. The molecule has 0 saturated carbocycles. The van der Waals surface area contributed by atoms with Crippen LogP contribution in [0.5, 0.6) is 0 Å². The van der Waals surface area contributed by atoms with Gasteiger partial charge in [-0.2, -0.15) is 10.2 Å². The van der Waals surface area contributed by atoms with Gasteiger partial charge in [0.15, 0.2) is 0 Å². The Hall–Kier alpha value is -2.23. The molecule has 0 radical (unpaired) electrons. The molecule has 0 amide bonds. The summed E-state index contributed by atoms with van der Waals surface area (Å²) in [6.45, 7) is 15.5. The molecule has 140 valence electrons. The number of allylic oxidation sites excluding steroid dienone is 2. The molecule has 1 heterocycles. The summed E-state index contributed by atoms with van der Waals surface area (Å²) < 4.78 is 0. The fraction of sp³-hybridized carbons (Fsp3) is 0.500. The van der Waals surface area contributed by atoms with E-state index in [4.69, 9.17) is 0 Å². The molecular formula is C22H31N3O. The molecule has 0 saturated heterocycles. The Morgan fingerprint density at radius 1 is 1.12 bits per heavy atom. The number of nitrogens with zero attached hydrogens (tertiary/aromatic N) is 2. The summed E-state index contributed by atoms with van der Waals surface area (Å²) in [5, 5.41) is 17.4. The van der Waals surface area contributed by atoms with Gasteiger partial charge in [0.1, 0.15) is 11.5 Å². The lowest BCUT2D eigenvalue weighted by Gasteiger charge is -2.46. The molecular weight excluding hydrogens is 322 g/mol. The molecule has 3 rings (SSSR count). The fourth-order valence-corrected chi connectivity index (χ4v) is 3.39. The molecule has 1 aliphatic heterocycles. The average molecular weight is 354 g/mol. The summed E-state index contributed by atoms with van der Waals surface area (Å²) in [7, 11) is 0. The molecule has 0 bridgehead atoms. The fourth-order valence-electron chi connectivity index (χ4n) is 3.39. The minimum atomic E-state index is -0.118. The Morgan fingerprint density at radius 2 is 1.77 bits per heavy atom. The van der Waals surface area contributed by atoms with Crippen LogP contribution in [0.15, 0.2) is 52.5 Å². The lowest BCUT2D eigenvalue weighted by Crippen LogP contribution is -2.39. The van der Waals surface area contributed by atoms with E-state index in [9.17, 15) is 5.11 Å². The molecule has 4 nitrogen and oxygen atoms in total. The van der Waals surface area contributed by atoms with Gasteiger partial charge in [-0.3, -0.25) is 5.43 Å². The SMILES string of the molecule is CC(C)(C)C1=C(O)C(N2N=Cc3ccccc3N2)=CC(C)(C(C)(C)C)C1. The zero-order valence-corrected chi connectivity index (χ0v) is 17.0. The van der Waals surface area contributed by atoms with Crippen LogP contribution in [0.2, 0.25) is 0 Å². The number of anilines is 1. The van der Waals surface area contributed by atoms with E-state index in [0.29, 0.717) is 5.76 Å². The normalized spacial score (nSPS) is 23.5. The predicted octanol–water partition coefficient (Wildman–Crippen LogP) is 5.86. The van der Waals surface area contributed by atoms with Crippen molar-refractivity contribution in [3.05, 3.63) is 52.9 Å². The standard InChI is InChI=1S/C22H31N3O/c1-20(2,3)16-12-22(7,21(4,5)6)13-18(19(16)26)25-23-14-15-10-8-9-11-17(15)24-25/h8-11,13-14,24,26H,12H2,1-7H3. The third-order valence-corrected chi connectivity index (χ3v) is 5.87. The van der Waals surface area contributed by atoms with Crippen LogP contribution in [-0.2, 0) is 0 Å². The first kappa shape index (κ1) is 18.6. The number of rotatable bonds is 1. The van der Waals surface area contributed by atoms with Crippen LogP contribution in [0.25, 0.3) is 0 Å². The van der Waals surface area contributed by atoms with E-state index >= 15 is 0 Å². The molecule has 0 fully saturated rings. The topological polar surface area (TPSA) is 47.9 Å². The highest BCUT2D eigenvalue weighted by Gasteiger charge is 2.44. The maximum absolute atomic E-state index is 11.1. The van der Waals surface area contributed by atoms with Gasteiger partial charge in [0, 0.05) is 5.56 Å². The first-order valence-electron chi connectivity index (χ1n) is 9.28. The minimum Gasteiger partial charge on any atom is -0.506 e. The van der Waals surface area contributed by atoms with Gasteiger partial charge in [-0.05, 0) is 40.4 Å². The van der Waals surface area contributed by atoms with Crippen LogP contribution in [0.1, 0.15) is 60.5 Å². The van der Waals surface area contributed by atoms with Crippen molar-refractivity contribution in [2.45, 2.75) is 54.9 Å². The summed E-state index contributed by atoms with van der Waals surface area (Å²) in [5.41, 5.74) is 6.99. The van der Waals surface area contributed by atoms with Gasteiger partial charge in [0.25, 0.3) is 0 Å². The van der Waals surface area contributed by atoms with Gasteiger partial charge >= 0.3 is 0 Å². The van der Waals surface area contributed by atoms with Crippen LogP contribution in [-0.4, -0.2) is 16.4 Å². The van der Waals surface area contributed by atoms with Crippen LogP contribution in [0, 0.1) is 16.2 Å². The highest BCUT2D eigenvalue weighted by atomic mass is 16.3. The van der Waals surface area contributed by atoms with E-state index in [0.717, 1.165) is 28.9 Å². The van der Waals surface area contributed by atoms with Gasteiger partial charge in [0.05, 0.1) is 11.9 Å². The number of aliphatic hydroxyl groups excluding tert-OH is 1. The monoisotopic (exact) mass is 353 g/mol. The summed E-state index contributed by atoms with van der Waals surface area (Å²) in [6.07, 6.45) is 4.85. The smallest absolute Gasteiger partial charge is 0.142 e. The van der Waals surface area contributed by atoms with E-state index in [2.05, 4.69) is 65.1 Å². The highest BCUT2D eigenvalue weighted by molar-refractivity contribution is 5.88. The number of fused-ring (bicyclic) bond motifs is 1. The Kier molecular flexibility index (Phi) is 4.21. The third kappa shape index (κ3) is 3.13. The molecule has 26 heavy (non-hydrogen) atoms. The van der Waals surface area contributed by atoms with Gasteiger partial charge in [-0.15, -0.1) is 0 Å². The largest absolute Gasteiger partial charge is 0.506 e. The highest BCUT2D eigenvalue weighted by Crippen LogP contribution is 2.52. The predicted molar refractivity (Wildman–Crippen MR) is 109 cm³/mol. The molecule has 4 heteroatoms. The number of benzene rings is 1. The number of hydrogen-bond acceptors (Lipinski definition) is 4. The maximum atomic E-state index is 11.1. The number of hydrazone groups is 1. The van der Waals surface area contributed by atoms with Crippen molar-refractivity contribution in [3.8, 4) is 0 Å².